The highest BCUT2D eigenvalue weighted by molar-refractivity contribution is 6.00. The summed E-state index contributed by atoms with van der Waals surface area (Å²) in [5, 5.41) is 13.4. The normalized spacial score (nSPS) is 17.0. The Kier molecular flexibility index (Phi) is 5.01. The number of carbonyl (C=O) groups is 3. The molecule has 1 N–H and O–H groups in total. The molecule has 3 amide bonds. The summed E-state index contributed by atoms with van der Waals surface area (Å²) in [4.78, 5) is 47.6. The molecule has 132 valence electrons. The van der Waals surface area contributed by atoms with Crippen molar-refractivity contribution < 1.29 is 28.8 Å². The first-order chi connectivity index (χ1) is 11.8. The Balaban J connectivity index is 2.70. The van der Waals surface area contributed by atoms with E-state index in [2.05, 4.69) is 10.1 Å². The Hall–Kier alpha value is -3.43. The molecule has 10 heteroatoms. The first kappa shape index (κ1) is 17.9. The molecule has 1 heterocycles. The van der Waals surface area contributed by atoms with Gasteiger partial charge in [0, 0.05) is 17.8 Å². The third kappa shape index (κ3) is 3.27. The Bertz CT molecular complexity index is 787. The predicted molar refractivity (Wildman–Crippen MR) is 83.3 cm³/mol. The van der Waals surface area contributed by atoms with Crippen LogP contribution >= 0.6 is 0 Å². The number of esters is 1. The molecular weight excluding hydrogens is 334 g/mol. The van der Waals surface area contributed by atoms with Gasteiger partial charge in [-0.1, -0.05) is 12.1 Å². The highest BCUT2D eigenvalue weighted by Gasteiger charge is 2.42. The van der Waals surface area contributed by atoms with Crippen molar-refractivity contribution in [1.82, 2.24) is 10.2 Å². The number of amides is 3. The lowest BCUT2D eigenvalue weighted by Crippen LogP contribution is -2.51. The van der Waals surface area contributed by atoms with Crippen LogP contribution in [0, 0.1) is 10.1 Å². The zero-order valence-corrected chi connectivity index (χ0v) is 13.6. The van der Waals surface area contributed by atoms with Crippen molar-refractivity contribution in [3.63, 3.8) is 0 Å². The molecule has 25 heavy (non-hydrogen) atoms. The second-order valence-corrected chi connectivity index (χ2v) is 5.06. The van der Waals surface area contributed by atoms with Crippen molar-refractivity contribution >= 4 is 23.8 Å². The molecule has 0 radical (unpaired) electrons. The monoisotopic (exact) mass is 349 g/mol. The number of methoxy groups -OCH3 is 2. The SMILES string of the molecule is COC(=O)C1=C(C)NC(=O)N(C(=O)OC)C1c1cccc([N+](=O)[O-])c1. The molecule has 1 aromatic carbocycles. The van der Waals surface area contributed by atoms with Crippen molar-refractivity contribution in [3.8, 4) is 0 Å². The van der Waals surface area contributed by atoms with E-state index in [0.29, 0.717) is 4.90 Å². The molecule has 1 atom stereocenters. The van der Waals surface area contributed by atoms with Crippen LogP contribution < -0.4 is 5.32 Å². The molecule has 1 aliphatic rings. The smallest absolute Gasteiger partial charge is 0.418 e. The third-order valence-corrected chi connectivity index (χ3v) is 3.62. The molecule has 0 aromatic heterocycles. The van der Waals surface area contributed by atoms with E-state index in [1.807, 2.05) is 0 Å². The van der Waals surface area contributed by atoms with Gasteiger partial charge in [-0.15, -0.1) is 0 Å². The number of carbonyl (C=O) groups excluding carboxylic acids is 3. The Morgan fingerprint density at radius 3 is 2.52 bits per heavy atom. The molecule has 0 saturated heterocycles. The predicted octanol–water partition coefficient (Wildman–Crippen LogP) is 1.87. The van der Waals surface area contributed by atoms with Crippen molar-refractivity contribution in [2.75, 3.05) is 14.2 Å². The summed E-state index contributed by atoms with van der Waals surface area (Å²) in [5.41, 5.74) is 0.0749. The van der Waals surface area contributed by atoms with Crippen LogP contribution in [0.3, 0.4) is 0 Å². The molecule has 0 spiro atoms. The lowest BCUT2D eigenvalue weighted by atomic mass is 9.94. The van der Waals surface area contributed by atoms with Gasteiger partial charge in [-0.05, 0) is 12.5 Å². The van der Waals surface area contributed by atoms with E-state index in [9.17, 15) is 24.5 Å². The number of ether oxygens (including phenoxy) is 2. The summed E-state index contributed by atoms with van der Waals surface area (Å²) in [6, 6.07) is 3.22. The van der Waals surface area contributed by atoms with Crippen molar-refractivity contribution in [1.29, 1.82) is 0 Å². The average molecular weight is 349 g/mol. The summed E-state index contributed by atoms with van der Waals surface area (Å²) in [7, 11) is 2.22. The van der Waals surface area contributed by atoms with Crippen LogP contribution in [0.25, 0.3) is 0 Å². The Morgan fingerprint density at radius 2 is 1.96 bits per heavy atom. The highest BCUT2D eigenvalue weighted by Crippen LogP contribution is 2.35. The van der Waals surface area contributed by atoms with E-state index < -0.39 is 29.1 Å². The number of urea groups is 1. The summed E-state index contributed by atoms with van der Waals surface area (Å²) >= 11 is 0. The maximum atomic E-state index is 12.3. The zero-order valence-electron chi connectivity index (χ0n) is 13.6. The van der Waals surface area contributed by atoms with Gasteiger partial charge >= 0.3 is 18.1 Å². The largest absolute Gasteiger partial charge is 0.466 e. The number of hydrogen-bond acceptors (Lipinski definition) is 7. The Labute approximate surface area is 142 Å². The number of nitro benzene ring substituents is 1. The number of nitro groups is 1. The number of benzene rings is 1. The molecule has 1 aromatic rings. The van der Waals surface area contributed by atoms with E-state index in [1.165, 1.54) is 31.2 Å². The summed E-state index contributed by atoms with van der Waals surface area (Å²) in [6.07, 6.45) is -1.03. The second kappa shape index (κ2) is 6.99. The quantitative estimate of drug-likeness (QED) is 0.501. The van der Waals surface area contributed by atoms with E-state index >= 15 is 0 Å². The number of rotatable bonds is 3. The molecule has 0 saturated carbocycles. The van der Waals surface area contributed by atoms with Gasteiger partial charge in [-0.3, -0.25) is 10.1 Å². The van der Waals surface area contributed by atoms with Gasteiger partial charge in [0.25, 0.3) is 5.69 Å². The fourth-order valence-corrected chi connectivity index (χ4v) is 2.52. The molecule has 0 bridgehead atoms. The first-order valence-electron chi connectivity index (χ1n) is 7.03. The number of hydrogen-bond donors (Lipinski definition) is 1. The van der Waals surface area contributed by atoms with Gasteiger partial charge in [0.15, 0.2) is 0 Å². The topological polar surface area (TPSA) is 128 Å². The van der Waals surface area contributed by atoms with Gasteiger partial charge in [0.2, 0.25) is 0 Å². The summed E-state index contributed by atoms with van der Waals surface area (Å²) < 4.78 is 9.33. The highest BCUT2D eigenvalue weighted by atomic mass is 16.6. The molecule has 1 unspecified atom stereocenters. The van der Waals surface area contributed by atoms with Crippen molar-refractivity contribution in [3.05, 3.63) is 51.2 Å². The molecule has 2 rings (SSSR count). The van der Waals surface area contributed by atoms with Gasteiger partial charge in [0.1, 0.15) is 6.04 Å². The van der Waals surface area contributed by atoms with E-state index in [1.54, 1.807) is 0 Å². The van der Waals surface area contributed by atoms with Gasteiger partial charge in [0.05, 0.1) is 24.7 Å². The van der Waals surface area contributed by atoms with Crippen molar-refractivity contribution in [2.45, 2.75) is 13.0 Å². The van der Waals surface area contributed by atoms with Gasteiger partial charge in [-0.2, -0.15) is 0 Å². The lowest BCUT2D eigenvalue weighted by Gasteiger charge is -2.35. The fraction of sp³-hybridized carbons (Fsp3) is 0.267. The molecular formula is C15H15N3O7. The van der Waals surface area contributed by atoms with Gasteiger partial charge < -0.3 is 14.8 Å². The van der Waals surface area contributed by atoms with Crippen LogP contribution in [0.2, 0.25) is 0 Å². The second-order valence-electron chi connectivity index (χ2n) is 5.06. The maximum Gasteiger partial charge on any atom is 0.418 e. The van der Waals surface area contributed by atoms with E-state index in [4.69, 9.17) is 4.74 Å². The van der Waals surface area contributed by atoms with Gasteiger partial charge in [-0.25, -0.2) is 19.3 Å². The number of nitrogens with zero attached hydrogens (tertiary/aromatic N) is 2. The summed E-state index contributed by atoms with van der Waals surface area (Å²) in [6.45, 7) is 1.46. The fourth-order valence-electron chi connectivity index (χ4n) is 2.52. The summed E-state index contributed by atoms with van der Waals surface area (Å²) in [5.74, 6) is -0.789. The van der Waals surface area contributed by atoms with E-state index in [0.717, 1.165) is 14.2 Å². The average Bonchev–Trinajstić information content (AvgIpc) is 2.59. The molecule has 1 aliphatic heterocycles. The van der Waals surface area contributed by atoms with Crippen LogP contribution in [0.5, 0.6) is 0 Å². The van der Waals surface area contributed by atoms with E-state index in [-0.39, 0.29) is 22.5 Å². The number of nitrogens with one attached hydrogen (secondary N) is 1. The zero-order chi connectivity index (χ0) is 18.7. The minimum absolute atomic E-state index is 0.0343. The van der Waals surface area contributed by atoms with Crippen LogP contribution in [0.4, 0.5) is 15.3 Å². The molecule has 0 fully saturated rings. The Morgan fingerprint density at radius 1 is 1.28 bits per heavy atom. The van der Waals surface area contributed by atoms with Crippen molar-refractivity contribution in [2.24, 2.45) is 0 Å². The van der Waals surface area contributed by atoms with Crippen LogP contribution in [-0.4, -0.2) is 42.1 Å². The number of imide groups is 1. The number of allylic oxidation sites excluding steroid dienone is 1. The third-order valence-electron chi connectivity index (χ3n) is 3.62. The number of non-ortho nitro benzene ring substituents is 1. The minimum atomic E-state index is -1.23. The van der Waals surface area contributed by atoms with Crippen LogP contribution in [0.15, 0.2) is 35.5 Å². The molecule has 0 aliphatic carbocycles. The maximum absolute atomic E-state index is 12.3. The molecule has 10 nitrogen and oxygen atoms in total. The standard InChI is InChI=1S/C15H15N3O7/c1-8-11(13(19)24-2)12(17(14(20)16-8)15(21)25-3)9-5-4-6-10(7-9)18(22)23/h4-7,12H,1-3H3,(H,16,20). The lowest BCUT2D eigenvalue weighted by molar-refractivity contribution is -0.384. The van der Waals surface area contributed by atoms with Crippen LogP contribution in [-0.2, 0) is 14.3 Å². The van der Waals surface area contributed by atoms with Crippen LogP contribution in [0.1, 0.15) is 18.5 Å². The first-order valence-corrected chi connectivity index (χ1v) is 7.03. The minimum Gasteiger partial charge on any atom is -0.466 e.